The smallest absolute Gasteiger partial charge is 0.203 e. The predicted molar refractivity (Wildman–Crippen MR) is 78.9 cm³/mol. The second-order valence-electron chi connectivity index (χ2n) is 5.19. The maximum absolute atomic E-state index is 5.22. The molecule has 0 aliphatic rings. The summed E-state index contributed by atoms with van der Waals surface area (Å²) in [5.74, 6) is 0.881. The van der Waals surface area contributed by atoms with Crippen LogP contribution in [0.2, 0.25) is 0 Å². The minimum absolute atomic E-state index is 0.241. The molecule has 0 fully saturated rings. The molecule has 2 atom stereocenters. The zero-order valence-electron chi connectivity index (χ0n) is 12.6. The third-order valence-electron chi connectivity index (χ3n) is 3.13. The maximum Gasteiger partial charge on any atom is 0.203 e. The Morgan fingerprint density at radius 2 is 2.20 bits per heavy atom. The first-order valence-corrected chi connectivity index (χ1v) is 6.88. The van der Waals surface area contributed by atoms with Crippen LogP contribution in [0, 0.1) is 6.92 Å². The summed E-state index contributed by atoms with van der Waals surface area (Å²) in [7, 11) is 1.72. The molecule has 6 heteroatoms. The van der Waals surface area contributed by atoms with Gasteiger partial charge < -0.3 is 14.6 Å². The van der Waals surface area contributed by atoms with Crippen molar-refractivity contribution in [2.45, 2.75) is 39.4 Å². The molecule has 0 aliphatic heterocycles. The van der Waals surface area contributed by atoms with Crippen LogP contribution in [0.5, 0.6) is 0 Å². The molecule has 0 aromatic carbocycles. The van der Waals surface area contributed by atoms with Crippen molar-refractivity contribution >= 4 is 5.95 Å². The van der Waals surface area contributed by atoms with E-state index in [1.807, 2.05) is 30.1 Å². The van der Waals surface area contributed by atoms with E-state index in [1.54, 1.807) is 13.3 Å². The lowest BCUT2D eigenvalue weighted by Gasteiger charge is -2.19. The van der Waals surface area contributed by atoms with Crippen LogP contribution in [-0.4, -0.2) is 39.1 Å². The molecule has 0 spiro atoms. The van der Waals surface area contributed by atoms with Gasteiger partial charge >= 0.3 is 0 Å². The summed E-state index contributed by atoms with van der Waals surface area (Å²) in [6.45, 7) is 7.71. The molecule has 2 aromatic heterocycles. The fraction of sp³-hybridized carbons (Fsp3) is 0.571. The first-order chi connectivity index (χ1) is 9.60. The van der Waals surface area contributed by atoms with Crippen molar-refractivity contribution in [3.05, 3.63) is 30.4 Å². The van der Waals surface area contributed by atoms with Gasteiger partial charge in [0, 0.05) is 31.7 Å². The van der Waals surface area contributed by atoms with E-state index in [0.717, 1.165) is 18.2 Å². The fourth-order valence-corrected chi connectivity index (χ4v) is 2.24. The van der Waals surface area contributed by atoms with Gasteiger partial charge in [-0.2, -0.15) is 5.10 Å². The van der Waals surface area contributed by atoms with E-state index in [-0.39, 0.29) is 12.1 Å². The zero-order chi connectivity index (χ0) is 14.5. The molecule has 2 rings (SSSR count). The number of hydrogen-bond acceptors (Lipinski definition) is 4. The standard InChI is InChI=1S/C14H23N5O/c1-11(8-18-7-5-6-15-18)16-14-17-12(2)9-19(14)13(3)10-20-4/h5-7,9,11,13H,8,10H2,1-4H3,(H,16,17). The number of methoxy groups -OCH3 is 1. The van der Waals surface area contributed by atoms with E-state index in [2.05, 4.69) is 33.8 Å². The number of nitrogens with zero attached hydrogens (tertiary/aromatic N) is 4. The van der Waals surface area contributed by atoms with Crippen molar-refractivity contribution in [1.29, 1.82) is 0 Å². The number of rotatable bonds is 7. The second-order valence-corrected chi connectivity index (χ2v) is 5.19. The Morgan fingerprint density at radius 1 is 1.40 bits per heavy atom. The molecule has 110 valence electrons. The number of anilines is 1. The van der Waals surface area contributed by atoms with Gasteiger partial charge in [-0.3, -0.25) is 4.68 Å². The topological polar surface area (TPSA) is 56.9 Å². The quantitative estimate of drug-likeness (QED) is 0.842. The van der Waals surface area contributed by atoms with Crippen LogP contribution in [0.15, 0.2) is 24.7 Å². The van der Waals surface area contributed by atoms with E-state index in [0.29, 0.717) is 6.61 Å². The van der Waals surface area contributed by atoms with Crippen LogP contribution in [0.25, 0.3) is 0 Å². The van der Waals surface area contributed by atoms with Gasteiger partial charge in [-0.05, 0) is 26.8 Å². The molecule has 0 bridgehead atoms. The lowest BCUT2D eigenvalue weighted by atomic mass is 10.3. The van der Waals surface area contributed by atoms with Crippen LogP contribution in [0.4, 0.5) is 5.95 Å². The van der Waals surface area contributed by atoms with Gasteiger partial charge in [-0.15, -0.1) is 0 Å². The molecule has 0 amide bonds. The molecule has 0 saturated heterocycles. The molecule has 2 heterocycles. The highest BCUT2D eigenvalue weighted by Gasteiger charge is 2.14. The van der Waals surface area contributed by atoms with Crippen LogP contribution in [-0.2, 0) is 11.3 Å². The lowest BCUT2D eigenvalue weighted by molar-refractivity contribution is 0.163. The van der Waals surface area contributed by atoms with Gasteiger partial charge in [0.05, 0.1) is 24.9 Å². The number of nitrogens with one attached hydrogen (secondary N) is 1. The Bertz CT molecular complexity index is 520. The van der Waals surface area contributed by atoms with Crippen LogP contribution < -0.4 is 5.32 Å². The van der Waals surface area contributed by atoms with Gasteiger partial charge in [-0.25, -0.2) is 4.98 Å². The maximum atomic E-state index is 5.22. The monoisotopic (exact) mass is 277 g/mol. The van der Waals surface area contributed by atoms with E-state index in [1.165, 1.54) is 0 Å². The Labute approximate surface area is 119 Å². The summed E-state index contributed by atoms with van der Waals surface area (Å²) in [4.78, 5) is 4.55. The molecular weight excluding hydrogens is 254 g/mol. The summed E-state index contributed by atoms with van der Waals surface area (Å²) in [6, 6.07) is 2.42. The number of hydrogen-bond donors (Lipinski definition) is 1. The molecular formula is C14H23N5O. The Hall–Kier alpha value is -1.82. The average molecular weight is 277 g/mol. The van der Waals surface area contributed by atoms with Crippen molar-refractivity contribution in [3.8, 4) is 0 Å². The molecule has 6 nitrogen and oxygen atoms in total. The van der Waals surface area contributed by atoms with Crippen molar-refractivity contribution < 1.29 is 4.74 Å². The fourth-order valence-electron chi connectivity index (χ4n) is 2.24. The average Bonchev–Trinajstić information content (AvgIpc) is 2.99. The zero-order valence-corrected chi connectivity index (χ0v) is 12.6. The molecule has 0 saturated carbocycles. The summed E-state index contributed by atoms with van der Waals surface area (Å²) >= 11 is 0. The molecule has 2 aromatic rings. The van der Waals surface area contributed by atoms with Crippen LogP contribution >= 0.6 is 0 Å². The third-order valence-corrected chi connectivity index (χ3v) is 3.13. The SMILES string of the molecule is COCC(C)n1cc(C)nc1NC(C)Cn1cccn1. The Kier molecular flexibility index (Phi) is 4.79. The highest BCUT2D eigenvalue weighted by molar-refractivity contribution is 5.30. The number of aryl methyl sites for hydroxylation is 1. The van der Waals surface area contributed by atoms with E-state index < -0.39 is 0 Å². The van der Waals surface area contributed by atoms with E-state index in [4.69, 9.17) is 4.74 Å². The minimum atomic E-state index is 0.241. The van der Waals surface area contributed by atoms with Crippen LogP contribution in [0.1, 0.15) is 25.6 Å². The largest absolute Gasteiger partial charge is 0.383 e. The minimum Gasteiger partial charge on any atom is -0.383 e. The second kappa shape index (κ2) is 6.56. The first-order valence-electron chi connectivity index (χ1n) is 6.88. The highest BCUT2D eigenvalue weighted by Crippen LogP contribution is 2.17. The lowest BCUT2D eigenvalue weighted by Crippen LogP contribution is -2.25. The van der Waals surface area contributed by atoms with Crippen molar-refractivity contribution in [1.82, 2.24) is 19.3 Å². The molecule has 20 heavy (non-hydrogen) atoms. The summed E-state index contributed by atoms with van der Waals surface area (Å²) in [6.07, 6.45) is 5.80. The third kappa shape index (κ3) is 3.60. The number of aromatic nitrogens is 4. The van der Waals surface area contributed by atoms with Gasteiger partial charge in [0.15, 0.2) is 0 Å². The van der Waals surface area contributed by atoms with E-state index in [9.17, 15) is 0 Å². The Morgan fingerprint density at radius 3 is 2.85 bits per heavy atom. The van der Waals surface area contributed by atoms with Crippen molar-refractivity contribution in [2.24, 2.45) is 0 Å². The summed E-state index contributed by atoms with van der Waals surface area (Å²) in [5.41, 5.74) is 1.00. The van der Waals surface area contributed by atoms with E-state index >= 15 is 0 Å². The summed E-state index contributed by atoms with van der Waals surface area (Å²) < 4.78 is 9.26. The van der Waals surface area contributed by atoms with Gasteiger partial charge in [0.2, 0.25) is 5.95 Å². The first kappa shape index (κ1) is 14.6. The van der Waals surface area contributed by atoms with Crippen LogP contribution in [0.3, 0.4) is 0 Å². The van der Waals surface area contributed by atoms with Crippen molar-refractivity contribution in [3.63, 3.8) is 0 Å². The van der Waals surface area contributed by atoms with Crippen molar-refractivity contribution in [2.75, 3.05) is 19.0 Å². The Balaban J connectivity index is 2.04. The predicted octanol–water partition coefficient (Wildman–Crippen LogP) is 2.10. The summed E-state index contributed by atoms with van der Waals surface area (Å²) in [5, 5.41) is 7.66. The number of imidazole rings is 1. The molecule has 2 unspecified atom stereocenters. The van der Waals surface area contributed by atoms with Gasteiger partial charge in [-0.1, -0.05) is 0 Å². The molecule has 0 aliphatic carbocycles. The molecule has 1 N–H and O–H groups in total. The normalized spacial score (nSPS) is 14.2. The van der Waals surface area contributed by atoms with Gasteiger partial charge in [0.25, 0.3) is 0 Å². The highest BCUT2D eigenvalue weighted by atomic mass is 16.5. The number of ether oxygens (including phenoxy) is 1. The van der Waals surface area contributed by atoms with Gasteiger partial charge in [0.1, 0.15) is 0 Å². The molecule has 0 radical (unpaired) electrons.